The standard InChI is InChI=1S/C18H22ClNO5S2/c1-25-18(24)17(13-4-2-3-5-14(13)19)20-7-6-15(27-26-9-8-21)12(11-20)10-16(22)23/h2-5,10,15,17,21H,6-9,11H2,1H3,(H,22,23)/b12-10-. The number of hydrogen-bond acceptors (Lipinski definition) is 7. The number of carboxylic acids is 1. The van der Waals surface area contributed by atoms with Crippen molar-refractivity contribution in [1.29, 1.82) is 0 Å². The second kappa shape index (κ2) is 11.0. The zero-order valence-corrected chi connectivity index (χ0v) is 17.2. The molecule has 27 heavy (non-hydrogen) atoms. The van der Waals surface area contributed by atoms with E-state index < -0.39 is 18.0 Å². The first kappa shape index (κ1) is 22.1. The van der Waals surface area contributed by atoms with Gasteiger partial charge >= 0.3 is 11.9 Å². The molecule has 2 N–H and O–H groups in total. The Morgan fingerprint density at radius 2 is 2.19 bits per heavy atom. The Morgan fingerprint density at radius 1 is 1.44 bits per heavy atom. The largest absolute Gasteiger partial charge is 0.478 e. The van der Waals surface area contributed by atoms with Gasteiger partial charge in [0.05, 0.1) is 13.7 Å². The summed E-state index contributed by atoms with van der Waals surface area (Å²) in [4.78, 5) is 25.7. The van der Waals surface area contributed by atoms with Gasteiger partial charge in [-0.1, -0.05) is 51.4 Å². The number of ether oxygens (including phenoxy) is 1. The number of aliphatic carboxylic acids is 1. The van der Waals surface area contributed by atoms with Crippen molar-refractivity contribution in [3.63, 3.8) is 0 Å². The number of likely N-dealkylation sites (tertiary alicyclic amines) is 1. The van der Waals surface area contributed by atoms with Crippen LogP contribution >= 0.6 is 33.2 Å². The molecule has 1 aromatic rings. The zero-order chi connectivity index (χ0) is 19.8. The molecule has 1 saturated heterocycles. The van der Waals surface area contributed by atoms with Gasteiger partial charge in [0, 0.05) is 35.2 Å². The molecule has 1 aromatic carbocycles. The van der Waals surface area contributed by atoms with Crippen LogP contribution in [0.1, 0.15) is 18.0 Å². The number of carbonyl (C=O) groups is 2. The molecular weight excluding hydrogens is 410 g/mol. The predicted octanol–water partition coefficient (Wildman–Crippen LogP) is 3.01. The molecule has 0 aromatic heterocycles. The lowest BCUT2D eigenvalue weighted by Gasteiger charge is -2.37. The van der Waals surface area contributed by atoms with Gasteiger partial charge in [0.25, 0.3) is 0 Å². The van der Waals surface area contributed by atoms with E-state index in [1.165, 1.54) is 24.0 Å². The van der Waals surface area contributed by atoms with E-state index >= 15 is 0 Å². The summed E-state index contributed by atoms with van der Waals surface area (Å²) < 4.78 is 4.99. The summed E-state index contributed by atoms with van der Waals surface area (Å²) >= 11 is 6.30. The third-order valence-electron chi connectivity index (χ3n) is 4.13. The summed E-state index contributed by atoms with van der Waals surface area (Å²) in [6.45, 7) is 0.999. The molecule has 9 heteroatoms. The number of methoxy groups -OCH3 is 1. The van der Waals surface area contributed by atoms with Gasteiger partial charge in [0.2, 0.25) is 0 Å². The number of nitrogens with zero attached hydrogens (tertiary/aromatic N) is 1. The van der Waals surface area contributed by atoms with Crippen molar-refractivity contribution in [3.8, 4) is 0 Å². The van der Waals surface area contributed by atoms with Crippen molar-refractivity contribution in [3.05, 3.63) is 46.5 Å². The van der Waals surface area contributed by atoms with Crippen LogP contribution in [0.5, 0.6) is 0 Å². The van der Waals surface area contributed by atoms with Crippen molar-refractivity contribution in [2.75, 3.05) is 32.6 Å². The molecule has 1 aliphatic rings. The average Bonchev–Trinajstić information content (AvgIpc) is 2.64. The van der Waals surface area contributed by atoms with Gasteiger partial charge in [0.1, 0.15) is 6.04 Å². The van der Waals surface area contributed by atoms with Gasteiger partial charge < -0.3 is 14.9 Å². The van der Waals surface area contributed by atoms with Crippen LogP contribution in [0.3, 0.4) is 0 Å². The predicted molar refractivity (Wildman–Crippen MR) is 109 cm³/mol. The van der Waals surface area contributed by atoms with E-state index in [1.807, 2.05) is 4.90 Å². The van der Waals surface area contributed by atoms with Crippen LogP contribution in [-0.2, 0) is 14.3 Å². The lowest BCUT2D eigenvalue weighted by atomic mass is 9.98. The number of aliphatic hydroxyl groups excluding tert-OH is 1. The lowest BCUT2D eigenvalue weighted by Crippen LogP contribution is -2.42. The minimum absolute atomic E-state index is 0.0124. The summed E-state index contributed by atoms with van der Waals surface area (Å²) in [5.41, 5.74) is 1.37. The van der Waals surface area contributed by atoms with Gasteiger partial charge in [-0.15, -0.1) is 0 Å². The number of piperidine rings is 1. The molecule has 0 spiro atoms. The molecule has 2 unspecified atom stereocenters. The maximum absolute atomic E-state index is 12.5. The number of esters is 1. The normalized spacial score (nSPS) is 20.4. The first-order chi connectivity index (χ1) is 13.0. The van der Waals surface area contributed by atoms with Crippen LogP contribution < -0.4 is 0 Å². The Bertz CT molecular complexity index is 700. The van der Waals surface area contributed by atoms with Gasteiger partial charge in [-0.05, 0) is 23.6 Å². The Kier molecular flexibility index (Phi) is 8.98. The molecule has 1 aliphatic heterocycles. The summed E-state index contributed by atoms with van der Waals surface area (Å²) in [5.74, 6) is -0.870. The van der Waals surface area contributed by atoms with E-state index in [0.717, 1.165) is 5.57 Å². The van der Waals surface area contributed by atoms with E-state index in [9.17, 15) is 14.7 Å². The number of rotatable bonds is 8. The molecule has 1 heterocycles. The highest BCUT2D eigenvalue weighted by Crippen LogP contribution is 2.39. The molecule has 2 atom stereocenters. The SMILES string of the molecule is COC(=O)C(c1ccccc1Cl)N1CCC(SSCCO)/C(=C\C(=O)O)C1. The van der Waals surface area contributed by atoms with Gasteiger partial charge in [-0.3, -0.25) is 4.90 Å². The van der Waals surface area contributed by atoms with Crippen LogP contribution in [0.2, 0.25) is 5.02 Å². The number of aliphatic hydroxyl groups is 1. The second-order valence-corrected chi connectivity index (χ2v) is 8.99. The maximum atomic E-state index is 12.5. The fraction of sp³-hybridized carbons (Fsp3) is 0.444. The van der Waals surface area contributed by atoms with Crippen molar-refractivity contribution < 1.29 is 24.5 Å². The van der Waals surface area contributed by atoms with Crippen molar-refractivity contribution in [2.24, 2.45) is 0 Å². The maximum Gasteiger partial charge on any atom is 0.328 e. The zero-order valence-electron chi connectivity index (χ0n) is 14.8. The molecule has 0 bridgehead atoms. The Morgan fingerprint density at radius 3 is 2.81 bits per heavy atom. The monoisotopic (exact) mass is 431 g/mol. The van der Waals surface area contributed by atoms with Crippen LogP contribution in [0.25, 0.3) is 0 Å². The van der Waals surface area contributed by atoms with Crippen molar-refractivity contribution >= 4 is 45.1 Å². The molecule has 0 saturated carbocycles. The topological polar surface area (TPSA) is 87.1 Å². The highest BCUT2D eigenvalue weighted by atomic mass is 35.5. The Hall–Kier alpha value is -1.19. The minimum atomic E-state index is -1.02. The third-order valence-corrected chi connectivity index (χ3v) is 7.34. The first-order valence-electron chi connectivity index (χ1n) is 8.36. The molecule has 0 amide bonds. The summed E-state index contributed by atoms with van der Waals surface area (Å²) in [7, 11) is 4.39. The Labute approximate surface area is 171 Å². The highest BCUT2D eigenvalue weighted by Gasteiger charge is 2.35. The summed E-state index contributed by atoms with van der Waals surface area (Å²) in [6, 6.07) is 6.39. The number of carboxylic acid groups (broad SMARTS) is 1. The summed E-state index contributed by atoms with van der Waals surface area (Å²) in [6.07, 6.45) is 1.89. The number of benzene rings is 1. The smallest absolute Gasteiger partial charge is 0.328 e. The molecule has 1 fully saturated rings. The molecule has 0 aliphatic carbocycles. The lowest BCUT2D eigenvalue weighted by molar-refractivity contribution is -0.147. The van der Waals surface area contributed by atoms with Crippen molar-refractivity contribution in [1.82, 2.24) is 4.90 Å². The Balaban J connectivity index is 2.27. The third kappa shape index (κ3) is 6.15. The van der Waals surface area contributed by atoms with Gasteiger partial charge in [0.15, 0.2) is 0 Å². The van der Waals surface area contributed by atoms with Crippen LogP contribution in [0, 0.1) is 0 Å². The van der Waals surface area contributed by atoms with E-state index in [2.05, 4.69) is 0 Å². The van der Waals surface area contributed by atoms with E-state index in [4.69, 9.17) is 21.4 Å². The minimum Gasteiger partial charge on any atom is -0.478 e. The van der Waals surface area contributed by atoms with Crippen molar-refractivity contribution in [2.45, 2.75) is 17.7 Å². The van der Waals surface area contributed by atoms with Crippen LogP contribution in [-0.4, -0.2) is 64.9 Å². The van der Waals surface area contributed by atoms with E-state index in [1.54, 1.807) is 35.1 Å². The number of halogens is 1. The van der Waals surface area contributed by atoms with Crippen LogP contribution in [0.15, 0.2) is 35.9 Å². The molecular formula is C18H22ClNO5S2. The molecule has 148 valence electrons. The van der Waals surface area contributed by atoms with E-state index in [0.29, 0.717) is 35.8 Å². The molecule has 2 rings (SSSR count). The van der Waals surface area contributed by atoms with E-state index in [-0.39, 0.29) is 11.9 Å². The molecule has 0 radical (unpaired) electrons. The highest BCUT2D eigenvalue weighted by molar-refractivity contribution is 8.77. The van der Waals surface area contributed by atoms with Gasteiger partial charge in [-0.2, -0.15) is 0 Å². The fourth-order valence-electron chi connectivity index (χ4n) is 2.96. The van der Waals surface area contributed by atoms with Gasteiger partial charge in [-0.25, -0.2) is 9.59 Å². The quantitative estimate of drug-likeness (QED) is 0.281. The number of carbonyl (C=O) groups excluding carboxylic acids is 1. The molecule has 6 nitrogen and oxygen atoms in total. The average molecular weight is 432 g/mol. The second-order valence-electron chi connectivity index (χ2n) is 5.89. The first-order valence-corrected chi connectivity index (χ1v) is 11.1. The summed E-state index contributed by atoms with van der Waals surface area (Å²) in [5, 5.41) is 18.7. The fourth-order valence-corrected chi connectivity index (χ4v) is 5.67. The van der Waals surface area contributed by atoms with Crippen LogP contribution in [0.4, 0.5) is 0 Å². The number of hydrogen-bond donors (Lipinski definition) is 2.